The van der Waals surface area contributed by atoms with E-state index in [0.717, 1.165) is 37.2 Å². The molecule has 1 aromatic rings. The number of furan rings is 1. The molecule has 1 fully saturated rings. The molecule has 1 aromatic heterocycles. The van der Waals surface area contributed by atoms with Gasteiger partial charge in [-0.3, -0.25) is 4.90 Å². The Bertz CT molecular complexity index is 372. The highest BCUT2D eigenvalue weighted by molar-refractivity contribution is 7.99. The van der Waals surface area contributed by atoms with Crippen LogP contribution in [0.25, 0.3) is 0 Å². The van der Waals surface area contributed by atoms with Crippen molar-refractivity contribution in [3.63, 3.8) is 0 Å². The number of hydrogen-bond acceptors (Lipinski definition) is 4. The first-order valence-electron chi connectivity index (χ1n) is 6.77. The number of hydrogen-bond donors (Lipinski definition) is 1. The van der Waals surface area contributed by atoms with E-state index in [1.54, 1.807) is 0 Å². The van der Waals surface area contributed by atoms with Crippen molar-refractivity contribution >= 4 is 11.8 Å². The van der Waals surface area contributed by atoms with Gasteiger partial charge < -0.3 is 9.73 Å². The maximum atomic E-state index is 5.85. The number of nitrogens with one attached hydrogen (secondary N) is 1. The van der Waals surface area contributed by atoms with Crippen LogP contribution in [-0.2, 0) is 13.1 Å². The molecule has 1 aliphatic rings. The summed E-state index contributed by atoms with van der Waals surface area (Å²) < 4.78 is 5.85. The second kappa shape index (κ2) is 6.64. The van der Waals surface area contributed by atoms with Crippen LogP contribution in [0.5, 0.6) is 0 Å². The van der Waals surface area contributed by atoms with Gasteiger partial charge in [-0.2, -0.15) is 11.8 Å². The van der Waals surface area contributed by atoms with Gasteiger partial charge >= 0.3 is 0 Å². The zero-order valence-corrected chi connectivity index (χ0v) is 12.5. The quantitative estimate of drug-likeness (QED) is 0.858. The molecular weight excluding hydrogens is 244 g/mol. The third kappa shape index (κ3) is 3.53. The third-order valence-corrected chi connectivity index (χ3v) is 4.72. The lowest BCUT2D eigenvalue weighted by Gasteiger charge is -2.21. The molecule has 1 aliphatic heterocycles. The van der Waals surface area contributed by atoms with Gasteiger partial charge in [0, 0.05) is 23.9 Å². The average Bonchev–Trinajstić information content (AvgIpc) is 2.96. The van der Waals surface area contributed by atoms with Gasteiger partial charge in [-0.25, -0.2) is 0 Å². The van der Waals surface area contributed by atoms with Crippen molar-refractivity contribution in [1.29, 1.82) is 0 Å². The van der Waals surface area contributed by atoms with Crippen molar-refractivity contribution in [2.45, 2.75) is 39.4 Å². The number of rotatable bonds is 6. The fourth-order valence-corrected chi connectivity index (χ4v) is 3.64. The van der Waals surface area contributed by atoms with Gasteiger partial charge in [0.2, 0.25) is 0 Å². The normalized spacial score (nSPS) is 19.9. The fraction of sp³-hybridized carbons (Fsp3) is 0.714. The smallest absolute Gasteiger partial charge is 0.118 e. The summed E-state index contributed by atoms with van der Waals surface area (Å²) in [6.45, 7) is 7.02. The molecule has 1 atom stereocenters. The largest absolute Gasteiger partial charge is 0.465 e. The molecule has 1 saturated heterocycles. The molecule has 1 N–H and O–H groups in total. The lowest BCUT2D eigenvalue weighted by atomic mass is 10.2. The van der Waals surface area contributed by atoms with E-state index in [2.05, 4.69) is 48.9 Å². The Morgan fingerprint density at radius 1 is 1.56 bits per heavy atom. The van der Waals surface area contributed by atoms with Crippen LogP contribution in [0.2, 0.25) is 0 Å². The molecule has 4 heteroatoms. The van der Waals surface area contributed by atoms with Crippen LogP contribution in [-0.4, -0.2) is 36.0 Å². The summed E-state index contributed by atoms with van der Waals surface area (Å²) in [5.41, 5.74) is 1.29. The summed E-state index contributed by atoms with van der Waals surface area (Å²) in [6.07, 6.45) is 1.31. The number of thioether (sulfide) groups is 1. The van der Waals surface area contributed by atoms with E-state index in [9.17, 15) is 0 Å². The third-order valence-electron chi connectivity index (χ3n) is 3.57. The Kier molecular flexibility index (Phi) is 5.15. The van der Waals surface area contributed by atoms with Gasteiger partial charge in [-0.1, -0.05) is 6.92 Å². The minimum absolute atomic E-state index is 0.720. The van der Waals surface area contributed by atoms with Crippen molar-refractivity contribution in [2.24, 2.45) is 0 Å². The van der Waals surface area contributed by atoms with Crippen LogP contribution in [0.4, 0.5) is 0 Å². The topological polar surface area (TPSA) is 28.4 Å². The lowest BCUT2D eigenvalue weighted by Crippen LogP contribution is -2.30. The van der Waals surface area contributed by atoms with Crippen molar-refractivity contribution in [1.82, 2.24) is 10.2 Å². The molecule has 0 aromatic carbocycles. The first kappa shape index (κ1) is 14.0. The van der Waals surface area contributed by atoms with Gasteiger partial charge in [0.05, 0.1) is 6.54 Å². The van der Waals surface area contributed by atoms with E-state index in [0.29, 0.717) is 0 Å². The molecular formula is C14H24N2OS. The predicted molar refractivity (Wildman–Crippen MR) is 78.0 cm³/mol. The highest BCUT2D eigenvalue weighted by atomic mass is 32.2. The second-order valence-electron chi connectivity index (χ2n) is 5.01. The molecule has 2 rings (SSSR count). The maximum Gasteiger partial charge on any atom is 0.118 e. The highest BCUT2D eigenvalue weighted by Crippen LogP contribution is 2.23. The summed E-state index contributed by atoms with van der Waals surface area (Å²) in [5.74, 6) is 4.72. The summed E-state index contributed by atoms with van der Waals surface area (Å²) in [7, 11) is 2.21. The van der Waals surface area contributed by atoms with E-state index in [1.165, 1.54) is 23.5 Å². The summed E-state index contributed by atoms with van der Waals surface area (Å²) >= 11 is 2.06. The van der Waals surface area contributed by atoms with E-state index < -0.39 is 0 Å². The Morgan fingerprint density at radius 3 is 3.06 bits per heavy atom. The zero-order chi connectivity index (χ0) is 13.0. The van der Waals surface area contributed by atoms with Crippen molar-refractivity contribution < 1.29 is 4.42 Å². The Morgan fingerprint density at radius 2 is 2.39 bits per heavy atom. The number of aryl methyl sites for hydroxylation is 1. The predicted octanol–water partition coefficient (Wildman–Crippen LogP) is 2.63. The minimum Gasteiger partial charge on any atom is -0.465 e. The molecule has 0 radical (unpaired) electrons. The summed E-state index contributed by atoms with van der Waals surface area (Å²) in [5, 5.41) is 3.35. The first-order valence-corrected chi connectivity index (χ1v) is 7.93. The molecule has 102 valence electrons. The van der Waals surface area contributed by atoms with Crippen molar-refractivity contribution in [3.05, 3.63) is 23.2 Å². The SMILES string of the molecule is CCNCc1cc(CN(C)C2CCSC2)oc1C. The Labute approximate surface area is 114 Å². The molecule has 0 spiro atoms. The molecule has 0 saturated carbocycles. The second-order valence-corrected chi connectivity index (χ2v) is 6.16. The van der Waals surface area contributed by atoms with Crippen molar-refractivity contribution in [2.75, 3.05) is 25.1 Å². The van der Waals surface area contributed by atoms with Gasteiger partial charge in [0.15, 0.2) is 0 Å². The van der Waals surface area contributed by atoms with E-state index in [4.69, 9.17) is 4.42 Å². The highest BCUT2D eigenvalue weighted by Gasteiger charge is 2.21. The summed E-state index contributed by atoms with van der Waals surface area (Å²) in [4.78, 5) is 2.43. The minimum atomic E-state index is 0.720. The molecule has 3 nitrogen and oxygen atoms in total. The van der Waals surface area contributed by atoms with E-state index in [-0.39, 0.29) is 0 Å². The van der Waals surface area contributed by atoms with Crippen LogP contribution >= 0.6 is 11.8 Å². The van der Waals surface area contributed by atoms with Crippen LogP contribution in [0.15, 0.2) is 10.5 Å². The van der Waals surface area contributed by atoms with Crippen LogP contribution in [0.1, 0.15) is 30.4 Å². The van der Waals surface area contributed by atoms with Gasteiger partial charge in [0.25, 0.3) is 0 Å². The molecule has 0 amide bonds. The first-order chi connectivity index (χ1) is 8.70. The van der Waals surface area contributed by atoms with E-state index in [1.807, 2.05) is 0 Å². The Balaban J connectivity index is 1.92. The van der Waals surface area contributed by atoms with Gasteiger partial charge in [0.1, 0.15) is 11.5 Å². The molecule has 1 unspecified atom stereocenters. The zero-order valence-electron chi connectivity index (χ0n) is 11.7. The average molecular weight is 268 g/mol. The van der Waals surface area contributed by atoms with Gasteiger partial charge in [-0.05, 0) is 38.8 Å². The van der Waals surface area contributed by atoms with Crippen molar-refractivity contribution in [3.8, 4) is 0 Å². The molecule has 0 bridgehead atoms. The molecule has 2 heterocycles. The van der Waals surface area contributed by atoms with Crippen LogP contribution in [0, 0.1) is 6.92 Å². The molecule has 0 aliphatic carbocycles. The fourth-order valence-electron chi connectivity index (χ4n) is 2.35. The molecule has 18 heavy (non-hydrogen) atoms. The van der Waals surface area contributed by atoms with Gasteiger partial charge in [-0.15, -0.1) is 0 Å². The lowest BCUT2D eigenvalue weighted by molar-refractivity contribution is 0.233. The van der Waals surface area contributed by atoms with Crippen LogP contribution < -0.4 is 5.32 Å². The Hall–Kier alpha value is -0.450. The maximum absolute atomic E-state index is 5.85. The van der Waals surface area contributed by atoms with Crippen LogP contribution in [0.3, 0.4) is 0 Å². The monoisotopic (exact) mass is 268 g/mol. The summed E-state index contributed by atoms with van der Waals surface area (Å²) in [6, 6.07) is 2.92. The number of nitrogens with zero attached hydrogens (tertiary/aromatic N) is 1. The standard InChI is InChI=1S/C14H24N2OS/c1-4-15-8-12-7-14(17-11(12)2)9-16(3)13-5-6-18-10-13/h7,13,15H,4-6,8-10H2,1-3H3. The van der Waals surface area contributed by atoms with E-state index >= 15 is 0 Å².